The SMILES string of the molecule is Cc1ccc(-c2[c-]cccc2)nc1.[Ir].[c-]1ccc2c(oc3nc(CCc4ccccc4)ccc32)c1-c1ccc2c(n1)CCCC2. The summed E-state index contributed by atoms with van der Waals surface area (Å²) >= 11 is 0. The van der Waals surface area contributed by atoms with Crippen LogP contribution in [0.3, 0.4) is 0 Å². The number of nitrogens with zero attached hydrogens (tertiary/aromatic N) is 3. The van der Waals surface area contributed by atoms with Crippen LogP contribution in [-0.2, 0) is 45.8 Å². The fourth-order valence-corrected chi connectivity index (χ4v) is 5.81. The summed E-state index contributed by atoms with van der Waals surface area (Å²) in [7, 11) is 0. The van der Waals surface area contributed by atoms with Gasteiger partial charge < -0.3 is 14.4 Å². The second-order valence-electron chi connectivity index (χ2n) is 11.3. The number of pyridine rings is 3. The Kier molecular flexibility index (Phi) is 9.59. The van der Waals surface area contributed by atoms with Crippen molar-refractivity contribution < 1.29 is 24.5 Å². The van der Waals surface area contributed by atoms with Gasteiger partial charge in [-0.25, -0.2) is 4.98 Å². The van der Waals surface area contributed by atoms with E-state index < -0.39 is 0 Å². The summed E-state index contributed by atoms with van der Waals surface area (Å²) < 4.78 is 6.29. The van der Waals surface area contributed by atoms with Crippen molar-refractivity contribution >= 4 is 22.1 Å². The number of fused-ring (bicyclic) bond motifs is 4. The molecule has 1 radical (unpaired) electrons. The number of hydrogen-bond acceptors (Lipinski definition) is 4. The third-order valence-corrected chi connectivity index (χ3v) is 8.20. The van der Waals surface area contributed by atoms with Crippen LogP contribution in [0.5, 0.6) is 0 Å². The van der Waals surface area contributed by atoms with Gasteiger partial charge in [-0.3, -0.25) is 0 Å². The Morgan fingerprint density at radius 1 is 0.711 bits per heavy atom. The van der Waals surface area contributed by atoms with Crippen LogP contribution in [0.2, 0.25) is 0 Å². The largest absolute Gasteiger partial charge is 0.486 e. The number of aromatic nitrogens is 3. The second-order valence-corrected chi connectivity index (χ2v) is 11.3. The topological polar surface area (TPSA) is 51.8 Å². The summed E-state index contributed by atoms with van der Waals surface area (Å²) in [4.78, 5) is 14.1. The summed E-state index contributed by atoms with van der Waals surface area (Å²) in [6.07, 6.45) is 8.41. The van der Waals surface area contributed by atoms with Gasteiger partial charge in [0.05, 0.1) is 5.58 Å². The van der Waals surface area contributed by atoms with E-state index >= 15 is 0 Å². The molecule has 0 spiro atoms. The molecule has 0 aliphatic heterocycles. The molecule has 0 amide bonds. The van der Waals surface area contributed by atoms with Crippen LogP contribution in [0.4, 0.5) is 0 Å². The average molecular weight is 764 g/mol. The molecule has 4 aromatic heterocycles. The van der Waals surface area contributed by atoms with Gasteiger partial charge in [-0.2, -0.15) is 0 Å². The van der Waals surface area contributed by atoms with Crippen LogP contribution < -0.4 is 0 Å². The van der Waals surface area contributed by atoms with Crippen molar-refractivity contribution in [1.82, 2.24) is 15.0 Å². The molecule has 0 atom stereocenters. The molecule has 45 heavy (non-hydrogen) atoms. The van der Waals surface area contributed by atoms with Crippen molar-refractivity contribution in [2.45, 2.75) is 45.4 Å². The molecule has 0 unspecified atom stereocenters. The van der Waals surface area contributed by atoms with Gasteiger partial charge in [0.15, 0.2) is 0 Å². The van der Waals surface area contributed by atoms with Crippen molar-refractivity contribution in [1.29, 1.82) is 0 Å². The molecule has 1 aliphatic rings. The molecular weight excluding hydrogens is 731 g/mol. The van der Waals surface area contributed by atoms with Crippen LogP contribution in [0.1, 0.15) is 40.9 Å². The summed E-state index contributed by atoms with van der Waals surface area (Å²) in [5, 5.41) is 2.12. The first-order chi connectivity index (χ1) is 21.7. The first kappa shape index (κ1) is 30.6. The zero-order chi connectivity index (χ0) is 29.7. The maximum Gasteiger partial charge on any atom is 0.216 e. The van der Waals surface area contributed by atoms with Crippen molar-refractivity contribution in [3.05, 3.63) is 150 Å². The maximum atomic E-state index is 6.29. The molecule has 0 bridgehead atoms. The summed E-state index contributed by atoms with van der Waals surface area (Å²) in [6, 6.07) is 41.6. The van der Waals surface area contributed by atoms with Gasteiger partial charge in [0.1, 0.15) is 0 Å². The fraction of sp³-hybridized carbons (Fsp3) is 0.175. The fourth-order valence-electron chi connectivity index (χ4n) is 5.81. The Morgan fingerprint density at radius 3 is 2.38 bits per heavy atom. The molecule has 0 saturated heterocycles. The van der Waals surface area contributed by atoms with Gasteiger partial charge in [-0.1, -0.05) is 65.5 Å². The summed E-state index contributed by atoms with van der Waals surface area (Å²) in [6.45, 7) is 2.03. The van der Waals surface area contributed by atoms with Crippen molar-refractivity contribution in [2.24, 2.45) is 0 Å². The molecule has 8 rings (SSSR count). The first-order valence-corrected chi connectivity index (χ1v) is 15.4. The zero-order valence-electron chi connectivity index (χ0n) is 25.2. The van der Waals surface area contributed by atoms with Gasteiger partial charge in [0.2, 0.25) is 5.71 Å². The third kappa shape index (κ3) is 6.96. The molecule has 4 heterocycles. The van der Waals surface area contributed by atoms with E-state index in [4.69, 9.17) is 14.4 Å². The van der Waals surface area contributed by atoms with E-state index in [1.54, 1.807) is 0 Å². The van der Waals surface area contributed by atoms with Gasteiger partial charge in [0.25, 0.3) is 0 Å². The zero-order valence-corrected chi connectivity index (χ0v) is 27.6. The number of hydrogen-bond donors (Lipinski definition) is 0. The van der Waals surface area contributed by atoms with Crippen LogP contribution in [-0.4, -0.2) is 15.0 Å². The number of furan rings is 1. The number of rotatable bonds is 5. The summed E-state index contributed by atoms with van der Waals surface area (Å²) in [5.74, 6) is 0. The second kappa shape index (κ2) is 14.1. The first-order valence-electron chi connectivity index (χ1n) is 15.4. The van der Waals surface area contributed by atoms with E-state index in [0.29, 0.717) is 5.71 Å². The average Bonchev–Trinajstić information content (AvgIpc) is 3.47. The van der Waals surface area contributed by atoms with Gasteiger partial charge in [0, 0.05) is 43.1 Å². The van der Waals surface area contributed by atoms with Gasteiger partial charge in [-0.15, -0.1) is 54.1 Å². The Morgan fingerprint density at radius 2 is 1.56 bits per heavy atom. The molecule has 0 N–H and O–H groups in total. The number of aryl methyl sites for hydroxylation is 5. The normalized spacial score (nSPS) is 12.2. The van der Waals surface area contributed by atoms with E-state index in [0.717, 1.165) is 70.2 Å². The van der Waals surface area contributed by atoms with E-state index in [9.17, 15) is 0 Å². The Balaban J connectivity index is 0.000000215. The standard InChI is InChI=1S/C28H23N2O.C12H10N.Ir/c1-2-7-19(8-3-1)13-15-21-16-17-23-22-10-6-11-24(27(22)31-28(23)29-21)26-18-14-20-9-4-5-12-25(20)30-26;1-10-7-8-12(13-9-10)11-5-3-2-4-6-11;/h1-3,6-8,10,14,16-18H,4-5,9,12-13,15H2;2-5,7-9H,1H3;/q2*-1;. The quantitative estimate of drug-likeness (QED) is 0.164. The molecule has 3 aromatic carbocycles. The maximum absolute atomic E-state index is 6.29. The predicted octanol–water partition coefficient (Wildman–Crippen LogP) is 9.36. The van der Waals surface area contributed by atoms with Crippen LogP contribution >= 0.6 is 0 Å². The molecule has 1 aliphatic carbocycles. The van der Waals surface area contributed by atoms with Crippen LogP contribution in [0.25, 0.3) is 44.6 Å². The van der Waals surface area contributed by atoms with Crippen LogP contribution in [0.15, 0.2) is 114 Å². The minimum Gasteiger partial charge on any atom is -0.486 e. The minimum atomic E-state index is 0. The van der Waals surface area contributed by atoms with Gasteiger partial charge in [-0.05, 0) is 85.7 Å². The van der Waals surface area contributed by atoms with Crippen molar-refractivity contribution in [2.75, 3.05) is 0 Å². The van der Waals surface area contributed by atoms with E-state index in [1.807, 2.05) is 55.6 Å². The summed E-state index contributed by atoms with van der Waals surface area (Å²) in [5.41, 5.74) is 11.6. The Hall–Kier alpha value is -4.44. The molecule has 0 saturated carbocycles. The van der Waals surface area contributed by atoms with E-state index in [-0.39, 0.29) is 20.1 Å². The monoisotopic (exact) mass is 764 g/mol. The molecule has 4 nitrogen and oxygen atoms in total. The van der Waals surface area contributed by atoms with E-state index in [2.05, 4.69) is 77.8 Å². The Bertz CT molecular complexity index is 2020. The Labute approximate surface area is 278 Å². The minimum absolute atomic E-state index is 0. The smallest absolute Gasteiger partial charge is 0.216 e. The molecule has 5 heteroatoms. The number of benzene rings is 3. The molecular formula is C40H33IrN3O-2. The van der Waals surface area contributed by atoms with Crippen molar-refractivity contribution in [3.63, 3.8) is 0 Å². The predicted molar refractivity (Wildman–Crippen MR) is 177 cm³/mol. The van der Waals surface area contributed by atoms with Crippen molar-refractivity contribution in [3.8, 4) is 22.5 Å². The molecule has 0 fully saturated rings. The third-order valence-electron chi connectivity index (χ3n) is 8.20. The molecule has 7 aromatic rings. The van der Waals surface area contributed by atoms with Gasteiger partial charge >= 0.3 is 0 Å². The molecule has 225 valence electrons. The van der Waals surface area contributed by atoms with Crippen LogP contribution in [0, 0.1) is 19.1 Å². The van der Waals surface area contributed by atoms with E-state index in [1.165, 1.54) is 35.2 Å².